The lowest BCUT2D eigenvalue weighted by atomic mass is 10.4. The van der Waals surface area contributed by atoms with Gasteiger partial charge in [0.05, 0.1) is 5.75 Å². The summed E-state index contributed by atoms with van der Waals surface area (Å²) in [5, 5.41) is 8.24. The first-order valence-corrected chi connectivity index (χ1v) is 9.62. The molecule has 1 aliphatic rings. The smallest absolute Gasteiger partial charge is 0.267 e. The Morgan fingerprint density at radius 3 is 2.93 bits per heavy atom. The summed E-state index contributed by atoms with van der Waals surface area (Å²) >= 11 is 1.45. The van der Waals surface area contributed by atoms with Crippen molar-refractivity contribution in [3.8, 4) is 5.82 Å². The van der Waals surface area contributed by atoms with Crippen LogP contribution in [0.25, 0.3) is 11.6 Å². The molecule has 4 aromatic heterocycles. The molecule has 9 nitrogen and oxygen atoms in total. The number of thioether (sulfide) groups is 1. The number of hydrogen-bond acceptors (Lipinski definition) is 7. The molecule has 0 atom stereocenters. The molecule has 0 amide bonds. The molecule has 1 saturated carbocycles. The third-order valence-electron chi connectivity index (χ3n) is 4.28. The SMILES string of the molecule is Cc1cc(=O)n2[nH]c(SCc3nc(C4CC4)nn3-c3ccccn3)nc2n1. The highest BCUT2D eigenvalue weighted by atomic mass is 32.2. The molecule has 27 heavy (non-hydrogen) atoms. The molecular formula is C17H16N8OS. The van der Waals surface area contributed by atoms with Gasteiger partial charge in [0.25, 0.3) is 11.3 Å². The van der Waals surface area contributed by atoms with Gasteiger partial charge in [-0.15, -0.1) is 5.10 Å². The van der Waals surface area contributed by atoms with Gasteiger partial charge in [-0.1, -0.05) is 17.8 Å². The molecule has 0 radical (unpaired) electrons. The van der Waals surface area contributed by atoms with Crippen LogP contribution in [0.4, 0.5) is 0 Å². The van der Waals surface area contributed by atoms with Crippen LogP contribution >= 0.6 is 11.8 Å². The van der Waals surface area contributed by atoms with Crippen molar-refractivity contribution in [2.45, 2.75) is 36.6 Å². The maximum atomic E-state index is 12.0. The Labute approximate surface area is 157 Å². The molecule has 4 heterocycles. The van der Waals surface area contributed by atoms with Crippen LogP contribution in [-0.4, -0.2) is 39.3 Å². The van der Waals surface area contributed by atoms with Gasteiger partial charge in [0.1, 0.15) is 5.82 Å². The fourth-order valence-corrected chi connectivity index (χ4v) is 3.56. The van der Waals surface area contributed by atoms with Gasteiger partial charge in [0.15, 0.2) is 16.8 Å². The van der Waals surface area contributed by atoms with Gasteiger partial charge in [-0.2, -0.15) is 14.2 Å². The van der Waals surface area contributed by atoms with E-state index < -0.39 is 0 Å². The Morgan fingerprint density at radius 1 is 1.26 bits per heavy atom. The number of H-pyrrole nitrogens is 1. The monoisotopic (exact) mass is 380 g/mol. The Hall–Kier alpha value is -3.01. The van der Waals surface area contributed by atoms with Gasteiger partial charge in [0, 0.05) is 23.9 Å². The molecule has 1 aliphatic carbocycles. The number of nitrogens with zero attached hydrogens (tertiary/aromatic N) is 7. The molecule has 136 valence electrons. The van der Waals surface area contributed by atoms with E-state index in [2.05, 4.69) is 25.1 Å². The van der Waals surface area contributed by atoms with Crippen LogP contribution < -0.4 is 5.56 Å². The average molecular weight is 380 g/mol. The molecule has 0 spiro atoms. The highest BCUT2D eigenvalue weighted by molar-refractivity contribution is 7.98. The maximum Gasteiger partial charge on any atom is 0.274 e. The van der Waals surface area contributed by atoms with Gasteiger partial charge in [-0.05, 0) is 31.9 Å². The van der Waals surface area contributed by atoms with E-state index in [1.807, 2.05) is 18.2 Å². The van der Waals surface area contributed by atoms with Gasteiger partial charge in [-0.25, -0.2) is 15.0 Å². The van der Waals surface area contributed by atoms with E-state index in [9.17, 15) is 4.79 Å². The molecule has 5 rings (SSSR count). The van der Waals surface area contributed by atoms with Crippen molar-refractivity contribution in [1.29, 1.82) is 0 Å². The van der Waals surface area contributed by atoms with Crippen LogP contribution in [0.1, 0.15) is 36.1 Å². The normalized spacial score (nSPS) is 14.1. The summed E-state index contributed by atoms with van der Waals surface area (Å²) in [6.07, 6.45) is 4.01. The summed E-state index contributed by atoms with van der Waals surface area (Å²) < 4.78 is 3.13. The zero-order valence-corrected chi connectivity index (χ0v) is 15.3. The first kappa shape index (κ1) is 16.2. The summed E-state index contributed by atoms with van der Waals surface area (Å²) in [7, 11) is 0. The van der Waals surface area contributed by atoms with Crippen molar-refractivity contribution in [2.75, 3.05) is 0 Å². The number of rotatable bonds is 5. The van der Waals surface area contributed by atoms with Gasteiger partial charge >= 0.3 is 0 Å². The summed E-state index contributed by atoms with van der Waals surface area (Å²) in [4.78, 5) is 29.8. The van der Waals surface area contributed by atoms with Crippen LogP contribution in [-0.2, 0) is 5.75 Å². The van der Waals surface area contributed by atoms with Crippen LogP contribution in [0.2, 0.25) is 0 Å². The maximum absolute atomic E-state index is 12.0. The lowest BCUT2D eigenvalue weighted by Crippen LogP contribution is -2.14. The minimum Gasteiger partial charge on any atom is -0.267 e. The fraction of sp³-hybridized carbons (Fsp3) is 0.294. The lowest BCUT2D eigenvalue weighted by molar-refractivity contribution is 0.786. The first-order chi connectivity index (χ1) is 13.2. The number of fused-ring (bicyclic) bond motifs is 1. The lowest BCUT2D eigenvalue weighted by Gasteiger charge is -2.03. The molecule has 0 aromatic carbocycles. The molecule has 4 aromatic rings. The molecular weight excluding hydrogens is 364 g/mol. The van der Waals surface area contributed by atoms with Gasteiger partial charge < -0.3 is 0 Å². The second kappa shape index (κ2) is 6.31. The molecule has 1 N–H and O–H groups in total. The second-order valence-electron chi connectivity index (χ2n) is 6.45. The zero-order valence-electron chi connectivity index (χ0n) is 14.5. The van der Waals surface area contributed by atoms with Crippen molar-refractivity contribution in [3.05, 3.63) is 58.2 Å². The Kier molecular flexibility index (Phi) is 3.78. The number of pyridine rings is 1. The minimum atomic E-state index is -0.176. The Balaban J connectivity index is 1.45. The van der Waals surface area contributed by atoms with Gasteiger partial charge in [0.2, 0.25) is 0 Å². The number of aromatic amines is 1. The quantitative estimate of drug-likeness (QED) is 0.527. The predicted molar refractivity (Wildman–Crippen MR) is 99.0 cm³/mol. The van der Waals surface area contributed by atoms with Crippen LogP contribution in [0.3, 0.4) is 0 Å². The van der Waals surface area contributed by atoms with Crippen molar-refractivity contribution >= 4 is 17.5 Å². The zero-order chi connectivity index (χ0) is 18.4. The second-order valence-corrected chi connectivity index (χ2v) is 7.41. The summed E-state index contributed by atoms with van der Waals surface area (Å²) in [5.74, 6) is 3.78. The topological polar surface area (TPSA) is 107 Å². The van der Waals surface area contributed by atoms with Crippen LogP contribution in [0, 0.1) is 6.92 Å². The first-order valence-electron chi connectivity index (χ1n) is 8.64. The van der Waals surface area contributed by atoms with E-state index in [4.69, 9.17) is 4.98 Å². The van der Waals surface area contributed by atoms with Gasteiger partial charge in [-0.3, -0.25) is 9.89 Å². The highest BCUT2D eigenvalue weighted by Gasteiger charge is 2.29. The standard InChI is InChI=1S/C17H16N8OS/c1-10-8-14(26)25-16(19-10)21-17(23-25)27-9-13-20-15(11-5-6-11)22-24(13)12-4-2-3-7-18-12/h2-4,7-8,11H,5-6,9H2,1H3,(H,19,21,23). The predicted octanol–water partition coefficient (Wildman–Crippen LogP) is 1.87. The summed E-state index contributed by atoms with van der Waals surface area (Å²) in [6, 6.07) is 7.18. The summed E-state index contributed by atoms with van der Waals surface area (Å²) in [5.41, 5.74) is 0.469. The third-order valence-corrected chi connectivity index (χ3v) is 5.13. The minimum absolute atomic E-state index is 0.176. The van der Waals surface area contributed by atoms with E-state index in [1.54, 1.807) is 17.8 Å². The van der Waals surface area contributed by atoms with E-state index >= 15 is 0 Å². The van der Waals surface area contributed by atoms with Crippen LogP contribution in [0.5, 0.6) is 0 Å². The van der Waals surface area contributed by atoms with E-state index in [0.29, 0.717) is 28.3 Å². The van der Waals surface area contributed by atoms with Crippen molar-refractivity contribution in [1.82, 2.24) is 39.3 Å². The summed E-state index contributed by atoms with van der Waals surface area (Å²) in [6.45, 7) is 1.78. The highest BCUT2D eigenvalue weighted by Crippen LogP contribution is 2.38. The van der Waals surface area contributed by atoms with E-state index in [-0.39, 0.29) is 5.56 Å². The Morgan fingerprint density at radius 2 is 2.15 bits per heavy atom. The van der Waals surface area contributed by atoms with E-state index in [1.165, 1.54) is 22.3 Å². The molecule has 0 bridgehead atoms. The number of aryl methyl sites for hydroxylation is 1. The molecule has 0 saturated heterocycles. The van der Waals surface area contributed by atoms with Crippen LogP contribution in [0.15, 0.2) is 40.4 Å². The number of aromatic nitrogens is 8. The average Bonchev–Trinajstić information content (AvgIpc) is 3.29. The molecule has 1 fully saturated rings. The van der Waals surface area contributed by atoms with Crippen molar-refractivity contribution in [2.24, 2.45) is 0 Å². The third kappa shape index (κ3) is 3.12. The largest absolute Gasteiger partial charge is 0.274 e. The van der Waals surface area contributed by atoms with Crippen molar-refractivity contribution in [3.63, 3.8) is 0 Å². The molecule has 0 unspecified atom stereocenters. The fourth-order valence-electron chi connectivity index (χ4n) is 2.80. The van der Waals surface area contributed by atoms with Crippen molar-refractivity contribution < 1.29 is 0 Å². The molecule has 0 aliphatic heterocycles. The molecule has 10 heteroatoms. The van der Waals surface area contributed by atoms with E-state index in [0.717, 1.165) is 30.3 Å². The number of nitrogens with one attached hydrogen (secondary N) is 1. The Bertz CT molecular complexity index is 1170. The number of hydrogen-bond donors (Lipinski definition) is 1.